The van der Waals surface area contributed by atoms with Crippen molar-refractivity contribution in [2.75, 3.05) is 0 Å². The fraction of sp³-hybridized carbons (Fsp3) is 0. The molecule has 3 rings (SSSR count). The van der Waals surface area contributed by atoms with Gasteiger partial charge in [0.25, 0.3) is 5.56 Å². The van der Waals surface area contributed by atoms with Gasteiger partial charge in [-0.05, 0) is 24.3 Å². The Bertz CT molecular complexity index is 919. The van der Waals surface area contributed by atoms with Crippen molar-refractivity contribution in [2.45, 2.75) is 0 Å². The summed E-state index contributed by atoms with van der Waals surface area (Å²) in [5.41, 5.74) is 0.861. The van der Waals surface area contributed by atoms with E-state index in [0.717, 1.165) is 0 Å². The van der Waals surface area contributed by atoms with Gasteiger partial charge in [-0.2, -0.15) is 0 Å². The number of hydrogen-bond acceptors (Lipinski definition) is 3. The van der Waals surface area contributed by atoms with Gasteiger partial charge in [-0.25, -0.2) is 4.98 Å². The molecule has 0 amide bonds. The smallest absolute Gasteiger partial charge is 0.258 e. The van der Waals surface area contributed by atoms with E-state index in [-0.39, 0.29) is 11.1 Å². The topological polar surface area (TPSA) is 62.8 Å². The van der Waals surface area contributed by atoms with E-state index in [2.05, 4.69) is 9.97 Å². The highest BCUT2D eigenvalue weighted by molar-refractivity contribution is 6.36. The Labute approximate surface area is 129 Å². The zero-order valence-electron chi connectivity index (χ0n) is 10.6. The van der Waals surface area contributed by atoms with Gasteiger partial charge >= 0.3 is 0 Å². The molecule has 0 saturated carbocycles. The molecule has 0 aliphatic carbocycles. The lowest BCUT2D eigenvalue weighted by Gasteiger charge is -2.09. The van der Waals surface area contributed by atoms with Crippen LogP contribution in [0.4, 0.5) is 0 Å². The number of aromatic nitrogens is 2. The number of aldehydes is 1. The SMILES string of the molecule is O=Cc1c(-c2ccc(Cl)cc2Cl)c(=O)[nH]c2ncccc12. The van der Waals surface area contributed by atoms with Gasteiger partial charge in [0.2, 0.25) is 0 Å². The number of carbonyl (C=O) groups excluding carboxylic acids is 1. The van der Waals surface area contributed by atoms with E-state index >= 15 is 0 Å². The molecule has 1 N–H and O–H groups in total. The maximum Gasteiger partial charge on any atom is 0.258 e. The zero-order valence-corrected chi connectivity index (χ0v) is 12.1. The Kier molecular flexibility index (Phi) is 3.49. The van der Waals surface area contributed by atoms with E-state index in [4.69, 9.17) is 23.2 Å². The van der Waals surface area contributed by atoms with Crippen molar-refractivity contribution in [1.29, 1.82) is 0 Å². The molecule has 0 spiro atoms. The molecule has 0 atom stereocenters. The maximum atomic E-state index is 12.3. The summed E-state index contributed by atoms with van der Waals surface area (Å²) in [5.74, 6) is 0. The van der Waals surface area contributed by atoms with E-state index in [1.165, 1.54) is 6.07 Å². The number of carbonyl (C=O) groups is 1. The third-order valence-electron chi connectivity index (χ3n) is 3.14. The van der Waals surface area contributed by atoms with Crippen molar-refractivity contribution in [3.8, 4) is 11.1 Å². The molecular weight excluding hydrogens is 311 g/mol. The number of nitrogens with zero attached hydrogens (tertiary/aromatic N) is 1. The monoisotopic (exact) mass is 318 g/mol. The highest BCUT2D eigenvalue weighted by Crippen LogP contribution is 2.31. The largest absolute Gasteiger partial charge is 0.306 e. The number of rotatable bonds is 2. The van der Waals surface area contributed by atoms with Crippen molar-refractivity contribution < 1.29 is 4.79 Å². The number of fused-ring (bicyclic) bond motifs is 1. The van der Waals surface area contributed by atoms with Crippen LogP contribution in [0.15, 0.2) is 41.3 Å². The molecule has 0 aliphatic rings. The van der Waals surface area contributed by atoms with E-state index in [1.807, 2.05) is 0 Å². The lowest BCUT2D eigenvalue weighted by atomic mass is 9.99. The first kappa shape index (κ1) is 13.8. The maximum absolute atomic E-state index is 12.3. The summed E-state index contributed by atoms with van der Waals surface area (Å²) < 4.78 is 0. The van der Waals surface area contributed by atoms with Gasteiger partial charge in [0.15, 0.2) is 6.29 Å². The highest BCUT2D eigenvalue weighted by Gasteiger charge is 2.16. The summed E-state index contributed by atoms with van der Waals surface area (Å²) in [6.45, 7) is 0. The average molecular weight is 319 g/mol. The lowest BCUT2D eigenvalue weighted by molar-refractivity contribution is 0.112. The van der Waals surface area contributed by atoms with Crippen molar-refractivity contribution in [2.24, 2.45) is 0 Å². The van der Waals surface area contributed by atoms with Crippen LogP contribution in [0.25, 0.3) is 22.2 Å². The first-order chi connectivity index (χ1) is 10.1. The van der Waals surface area contributed by atoms with E-state index in [1.54, 1.807) is 30.5 Å². The van der Waals surface area contributed by atoms with Crippen LogP contribution in [0.2, 0.25) is 10.0 Å². The number of aromatic amines is 1. The summed E-state index contributed by atoms with van der Waals surface area (Å²) in [4.78, 5) is 30.5. The Hall–Kier alpha value is -2.17. The van der Waals surface area contributed by atoms with Gasteiger partial charge in [0.1, 0.15) is 5.65 Å². The number of benzene rings is 1. The Balaban J connectivity index is 2.44. The number of pyridine rings is 2. The molecular formula is C15H8Cl2N2O2. The van der Waals surface area contributed by atoms with Gasteiger partial charge in [0.05, 0.1) is 10.6 Å². The van der Waals surface area contributed by atoms with Crippen LogP contribution >= 0.6 is 23.2 Å². The zero-order chi connectivity index (χ0) is 15.0. The van der Waals surface area contributed by atoms with Gasteiger partial charge in [0, 0.05) is 27.7 Å². The summed E-state index contributed by atoms with van der Waals surface area (Å²) in [6, 6.07) is 8.17. The lowest BCUT2D eigenvalue weighted by Crippen LogP contribution is -2.13. The van der Waals surface area contributed by atoms with Gasteiger partial charge in [-0.1, -0.05) is 29.3 Å². The Morgan fingerprint density at radius 3 is 2.71 bits per heavy atom. The minimum atomic E-state index is -0.424. The average Bonchev–Trinajstić information content (AvgIpc) is 2.46. The molecule has 2 heterocycles. The van der Waals surface area contributed by atoms with Gasteiger partial charge in [-0.3, -0.25) is 9.59 Å². The number of halogens is 2. The number of H-pyrrole nitrogens is 1. The van der Waals surface area contributed by atoms with E-state index < -0.39 is 5.56 Å². The van der Waals surface area contributed by atoms with Crippen molar-refractivity contribution in [1.82, 2.24) is 9.97 Å². The highest BCUT2D eigenvalue weighted by atomic mass is 35.5. The summed E-state index contributed by atoms with van der Waals surface area (Å²) >= 11 is 12.0. The Morgan fingerprint density at radius 1 is 1.19 bits per heavy atom. The second-order valence-electron chi connectivity index (χ2n) is 4.38. The van der Waals surface area contributed by atoms with Crippen LogP contribution in [-0.2, 0) is 0 Å². The van der Waals surface area contributed by atoms with Gasteiger partial charge < -0.3 is 4.98 Å². The third kappa shape index (κ3) is 2.33. The molecule has 0 bridgehead atoms. The van der Waals surface area contributed by atoms with Crippen molar-refractivity contribution >= 4 is 40.5 Å². The predicted molar refractivity (Wildman–Crippen MR) is 83.2 cm³/mol. The standard InChI is InChI=1S/C15H8Cl2N2O2/c16-8-3-4-10(12(17)6-8)13-11(7-20)9-2-1-5-18-14(9)19-15(13)21/h1-7H,(H,18,19,21). The predicted octanol–water partition coefficient (Wildman–Crippen LogP) is 3.71. The molecule has 4 nitrogen and oxygen atoms in total. The second kappa shape index (κ2) is 5.31. The van der Waals surface area contributed by atoms with Crippen LogP contribution in [0, 0.1) is 0 Å². The number of nitrogens with one attached hydrogen (secondary N) is 1. The molecule has 1 aromatic carbocycles. The first-order valence-corrected chi connectivity index (χ1v) is 6.79. The van der Waals surface area contributed by atoms with Crippen molar-refractivity contribution in [3.63, 3.8) is 0 Å². The molecule has 21 heavy (non-hydrogen) atoms. The molecule has 0 unspecified atom stereocenters. The van der Waals surface area contributed by atoms with Crippen LogP contribution in [-0.4, -0.2) is 16.3 Å². The minimum Gasteiger partial charge on any atom is -0.306 e. The molecule has 3 aromatic rings. The van der Waals surface area contributed by atoms with Crippen molar-refractivity contribution in [3.05, 3.63) is 62.5 Å². The number of hydrogen-bond donors (Lipinski definition) is 1. The van der Waals surface area contributed by atoms with E-state index in [0.29, 0.717) is 32.9 Å². The van der Waals surface area contributed by atoms with Crippen LogP contribution in [0.3, 0.4) is 0 Å². The first-order valence-electron chi connectivity index (χ1n) is 6.03. The molecule has 0 aliphatic heterocycles. The third-order valence-corrected chi connectivity index (χ3v) is 3.69. The van der Waals surface area contributed by atoms with E-state index in [9.17, 15) is 9.59 Å². The van der Waals surface area contributed by atoms with Gasteiger partial charge in [-0.15, -0.1) is 0 Å². The molecule has 104 valence electrons. The molecule has 0 radical (unpaired) electrons. The quantitative estimate of drug-likeness (QED) is 0.732. The van der Waals surface area contributed by atoms with Crippen LogP contribution in [0.5, 0.6) is 0 Å². The fourth-order valence-electron chi connectivity index (χ4n) is 2.23. The second-order valence-corrected chi connectivity index (χ2v) is 5.23. The molecule has 2 aromatic heterocycles. The molecule has 0 fully saturated rings. The summed E-state index contributed by atoms with van der Waals surface area (Å²) in [7, 11) is 0. The van der Waals surface area contributed by atoms with Crippen LogP contribution in [0.1, 0.15) is 10.4 Å². The summed E-state index contributed by atoms with van der Waals surface area (Å²) in [6.07, 6.45) is 2.18. The normalized spacial score (nSPS) is 10.8. The molecule has 0 saturated heterocycles. The fourth-order valence-corrected chi connectivity index (χ4v) is 2.73. The summed E-state index contributed by atoms with van der Waals surface area (Å²) in [5, 5.41) is 1.32. The Morgan fingerprint density at radius 2 is 2.00 bits per heavy atom. The van der Waals surface area contributed by atoms with Crippen LogP contribution < -0.4 is 5.56 Å². The minimum absolute atomic E-state index is 0.215. The molecule has 6 heteroatoms.